The second-order valence-electron chi connectivity index (χ2n) is 11.2. The number of unbranched alkanes of at least 4 members (excludes halogenated alkanes) is 19. The number of rotatable bonds is 24. The molecule has 2 heteroatoms. The first-order valence-corrected chi connectivity index (χ1v) is 16.1. The SMILES string of the molecule is CCCCCCCCCCCCCCCCCCCCCCC(=O)OC(c1ccccc1)c1ccccc1. The van der Waals surface area contributed by atoms with Crippen molar-refractivity contribution >= 4 is 5.97 Å². The van der Waals surface area contributed by atoms with Crippen molar-refractivity contribution in [3.8, 4) is 0 Å². The average Bonchev–Trinajstić information content (AvgIpc) is 2.96. The lowest BCUT2D eigenvalue weighted by Gasteiger charge is -2.19. The quantitative estimate of drug-likeness (QED) is 0.102. The molecule has 0 N–H and O–H groups in total. The maximum atomic E-state index is 12.6. The van der Waals surface area contributed by atoms with E-state index in [-0.39, 0.29) is 12.1 Å². The van der Waals surface area contributed by atoms with Crippen molar-refractivity contribution in [2.24, 2.45) is 0 Å². The van der Waals surface area contributed by atoms with Crippen LogP contribution in [0.4, 0.5) is 0 Å². The summed E-state index contributed by atoms with van der Waals surface area (Å²) in [6, 6.07) is 20.1. The smallest absolute Gasteiger partial charge is 0.306 e. The Morgan fingerprint density at radius 1 is 0.500 bits per heavy atom. The second-order valence-corrected chi connectivity index (χ2v) is 11.2. The van der Waals surface area contributed by atoms with Crippen LogP contribution in [0.2, 0.25) is 0 Å². The van der Waals surface area contributed by atoms with E-state index in [0.29, 0.717) is 6.42 Å². The molecule has 2 nitrogen and oxygen atoms in total. The Bertz CT molecular complexity index is 746. The molecular formula is C36H56O2. The molecule has 0 aliphatic carbocycles. The highest BCUT2D eigenvalue weighted by Crippen LogP contribution is 2.26. The Balaban J connectivity index is 1.39. The van der Waals surface area contributed by atoms with Gasteiger partial charge in [0.15, 0.2) is 6.10 Å². The largest absolute Gasteiger partial charge is 0.453 e. The van der Waals surface area contributed by atoms with Gasteiger partial charge in [0.1, 0.15) is 0 Å². The van der Waals surface area contributed by atoms with Gasteiger partial charge in [-0.05, 0) is 17.5 Å². The van der Waals surface area contributed by atoms with Crippen LogP contribution in [0.3, 0.4) is 0 Å². The minimum atomic E-state index is -0.324. The summed E-state index contributed by atoms with van der Waals surface area (Å²) in [4.78, 5) is 12.6. The highest BCUT2D eigenvalue weighted by Gasteiger charge is 2.18. The monoisotopic (exact) mass is 520 g/mol. The van der Waals surface area contributed by atoms with Gasteiger partial charge in [-0.15, -0.1) is 0 Å². The summed E-state index contributed by atoms with van der Waals surface area (Å²) in [6.07, 6.45) is 27.5. The van der Waals surface area contributed by atoms with Crippen LogP contribution in [-0.4, -0.2) is 5.97 Å². The maximum absolute atomic E-state index is 12.6. The zero-order chi connectivity index (χ0) is 26.9. The molecule has 0 aliphatic heterocycles. The molecule has 0 fully saturated rings. The molecule has 212 valence electrons. The summed E-state index contributed by atoms with van der Waals surface area (Å²) in [5, 5.41) is 0. The van der Waals surface area contributed by atoms with Gasteiger partial charge in [-0.3, -0.25) is 4.79 Å². The average molecular weight is 521 g/mol. The number of hydrogen-bond acceptors (Lipinski definition) is 2. The van der Waals surface area contributed by atoms with E-state index in [1.54, 1.807) is 0 Å². The van der Waals surface area contributed by atoms with E-state index in [1.807, 2.05) is 60.7 Å². The predicted octanol–water partition coefficient (Wildman–Crippen LogP) is 11.5. The fraction of sp³-hybridized carbons (Fsp3) is 0.639. The molecule has 2 rings (SSSR count). The summed E-state index contributed by atoms with van der Waals surface area (Å²) in [7, 11) is 0. The van der Waals surface area contributed by atoms with E-state index in [0.717, 1.165) is 24.0 Å². The van der Waals surface area contributed by atoms with Gasteiger partial charge in [-0.2, -0.15) is 0 Å². The van der Waals surface area contributed by atoms with Gasteiger partial charge in [0, 0.05) is 6.42 Å². The van der Waals surface area contributed by atoms with Crippen LogP contribution in [0.15, 0.2) is 60.7 Å². The van der Waals surface area contributed by atoms with Crippen LogP contribution in [0.25, 0.3) is 0 Å². The Morgan fingerprint density at radius 3 is 1.16 bits per heavy atom. The maximum Gasteiger partial charge on any atom is 0.306 e. The van der Waals surface area contributed by atoms with Crippen molar-refractivity contribution in [3.63, 3.8) is 0 Å². The molecule has 0 radical (unpaired) electrons. The summed E-state index contributed by atoms with van der Waals surface area (Å²) in [6.45, 7) is 2.29. The molecule has 2 aromatic rings. The minimum absolute atomic E-state index is 0.0925. The van der Waals surface area contributed by atoms with Gasteiger partial charge >= 0.3 is 5.97 Å². The van der Waals surface area contributed by atoms with Crippen LogP contribution >= 0.6 is 0 Å². The van der Waals surface area contributed by atoms with Crippen LogP contribution in [0.5, 0.6) is 0 Å². The number of carbonyl (C=O) groups excluding carboxylic acids is 1. The molecule has 0 atom stereocenters. The molecule has 0 bridgehead atoms. The lowest BCUT2D eigenvalue weighted by Crippen LogP contribution is -2.12. The first-order valence-electron chi connectivity index (χ1n) is 16.1. The van der Waals surface area contributed by atoms with Gasteiger partial charge in [0.05, 0.1) is 0 Å². The molecule has 0 aliphatic rings. The van der Waals surface area contributed by atoms with Gasteiger partial charge in [0.2, 0.25) is 0 Å². The lowest BCUT2D eigenvalue weighted by atomic mass is 10.0. The number of carbonyl (C=O) groups is 1. The van der Waals surface area contributed by atoms with E-state index in [4.69, 9.17) is 4.74 Å². The number of hydrogen-bond donors (Lipinski definition) is 0. The Hall–Kier alpha value is -2.09. The molecule has 2 aromatic carbocycles. The fourth-order valence-electron chi connectivity index (χ4n) is 5.30. The molecule has 0 spiro atoms. The zero-order valence-electron chi connectivity index (χ0n) is 24.5. The second kappa shape index (κ2) is 22.9. The lowest BCUT2D eigenvalue weighted by molar-refractivity contribution is -0.147. The fourth-order valence-corrected chi connectivity index (χ4v) is 5.30. The molecule has 0 saturated heterocycles. The van der Waals surface area contributed by atoms with Crippen LogP contribution in [0.1, 0.15) is 159 Å². The Kier molecular flexibility index (Phi) is 19.3. The van der Waals surface area contributed by atoms with Crippen LogP contribution in [0, 0.1) is 0 Å². The van der Waals surface area contributed by atoms with E-state index in [2.05, 4.69) is 6.92 Å². The molecule has 38 heavy (non-hydrogen) atoms. The van der Waals surface area contributed by atoms with Crippen molar-refractivity contribution < 1.29 is 9.53 Å². The summed E-state index contributed by atoms with van der Waals surface area (Å²) >= 11 is 0. The zero-order valence-corrected chi connectivity index (χ0v) is 24.5. The van der Waals surface area contributed by atoms with Crippen LogP contribution in [-0.2, 0) is 9.53 Å². The van der Waals surface area contributed by atoms with E-state index in [1.165, 1.54) is 116 Å². The van der Waals surface area contributed by atoms with E-state index in [9.17, 15) is 4.79 Å². The van der Waals surface area contributed by atoms with Crippen molar-refractivity contribution in [3.05, 3.63) is 71.8 Å². The third-order valence-electron chi connectivity index (χ3n) is 7.69. The topological polar surface area (TPSA) is 26.3 Å². The van der Waals surface area contributed by atoms with Gasteiger partial charge in [-0.25, -0.2) is 0 Å². The molecule has 0 unspecified atom stereocenters. The number of ether oxygens (including phenoxy) is 1. The highest BCUT2D eigenvalue weighted by molar-refractivity contribution is 5.70. The third kappa shape index (κ3) is 16.0. The van der Waals surface area contributed by atoms with Crippen molar-refractivity contribution in [1.82, 2.24) is 0 Å². The predicted molar refractivity (Wildman–Crippen MR) is 163 cm³/mol. The molecule has 0 heterocycles. The van der Waals surface area contributed by atoms with Gasteiger partial charge < -0.3 is 4.74 Å². The van der Waals surface area contributed by atoms with Crippen molar-refractivity contribution in [2.45, 2.75) is 148 Å². The first kappa shape index (κ1) is 32.1. The first-order chi connectivity index (χ1) is 18.8. The summed E-state index contributed by atoms with van der Waals surface area (Å²) in [5.74, 6) is -0.0925. The Labute approximate surface area is 235 Å². The summed E-state index contributed by atoms with van der Waals surface area (Å²) in [5.41, 5.74) is 2.05. The Morgan fingerprint density at radius 2 is 0.816 bits per heavy atom. The van der Waals surface area contributed by atoms with Crippen LogP contribution < -0.4 is 0 Å². The standard InChI is InChI=1S/C36H56O2/c1-2-3-4-5-6-7-8-9-10-11-12-13-14-15-16-17-18-19-20-27-32-35(37)38-36(33-28-23-21-24-29-33)34-30-25-22-26-31-34/h21-26,28-31,36H,2-20,27,32H2,1H3. The van der Waals surface area contributed by atoms with Crippen molar-refractivity contribution in [1.29, 1.82) is 0 Å². The summed E-state index contributed by atoms with van der Waals surface area (Å²) < 4.78 is 5.92. The molecular weight excluding hydrogens is 464 g/mol. The molecule has 0 aromatic heterocycles. The van der Waals surface area contributed by atoms with Gasteiger partial charge in [0.25, 0.3) is 0 Å². The molecule has 0 amide bonds. The number of benzene rings is 2. The van der Waals surface area contributed by atoms with Gasteiger partial charge in [-0.1, -0.05) is 190 Å². The third-order valence-corrected chi connectivity index (χ3v) is 7.69. The normalized spacial score (nSPS) is 11.2. The molecule has 0 saturated carbocycles. The number of esters is 1. The highest BCUT2D eigenvalue weighted by atomic mass is 16.5. The minimum Gasteiger partial charge on any atom is -0.453 e. The van der Waals surface area contributed by atoms with Crippen molar-refractivity contribution in [2.75, 3.05) is 0 Å². The van der Waals surface area contributed by atoms with E-state index < -0.39 is 0 Å². The van der Waals surface area contributed by atoms with E-state index >= 15 is 0 Å².